The molecule has 0 aliphatic rings. The van der Waals surface area contributed by atoms with Crippen molar-refractivity contribution < 1.29 is 9.53 Å². The minimum atomic E-state index is -0.0687. The fourth-order valence-electron chi connectivity index (χ4n) is 1.86. The summed E-state index contributed by atoms with van der Waals surface area (Å²) in [7, 11) is 1.63. The van der Waals surface area contributed by atoms with Gasteiger partial charge in [-0.15, -0.1) is 0 Å². The lowest BCUT2D eigenvalue weighted by molar-refractivity contribution is 0.0580. The number of anilines is 1. The number of benzene rings is 1. The first kappa shape index (κ1) is 15.0. The summed E-state index contributed by atoms with van der Waals surface area (Å²) in [6.07, 6.45) is 0. The maximum absolute atomic E-state index is 12.4. The first-order valence-corrected chi connectivity index (χ1v) is 6.65. The maximum Gasteiger partial charge on any atom is 0.256 e. The monoisotopic (exact) mass is 314 g/mol. The lowest BCUT2D eigenvalue weighted by Gasteiger charge is -2.28. The number of hydrogen-bond acceptors (Lipinski definition) is 3. The van der Waals surface area contributed by atoms with Crippen LogP contribution < -0.4 is 5.73 Å². The third-order valence-corrected chi connectivity index (χ3v) is 3.28. The Kier molecular flexibility index (Phi) is 5.62. The number of hydrogen-bond donors (Lipinski definition) is 1. The Morgan fingerprint density at radius 2 is 2.22 bits per heavy atom. The quantitative estimate of drug-likeness (QED) is 0.850. The highest BCUT2D eigenvalue weighted by Gasteiger charge is 2.21. The van der Waals surface area contributed by atoms with E-state index in [1.807, 2.05) is 19.9 Å². The Balaban J connectivity index is 2.99. The van der Waals surface area contributed by atoms with Gasteiger partial charge in [0.25, 0.3) is 5.91 Å². The molecule has 0 aromatic heterocycles. The molecule has 1 aromatic carbocycles. The molecular formula is C13H19BrN2O2. The molecule has 4 nitrogen and oxygen atoms in total. The highest BCUT2D eigenvalue weighted by Crippen LogP contribution is 2.21. The summed E-state index contributed by atoms with van der Waals surface area (Å²) in [4.78, 5) is 14.2. The number of nitrogen functional groups attached to an aromatic ring is 1. The fourth-order valence-corrected chi connectivity index (χ4v) is 2.22. The number of amides is 1. The average molecular weight is 315 g/mol. The molecule has 1 aromatic rings. The minimum absolute atomic E-state index is 0.0193. The van der Waals surface area contributed by atoms with Crippen molar-refractivity contribution in [3.05, 3.63) is 28.2 Å². The van der Waals surface area contributed by atoms with E-state index >= 15 is 0 Å². The summed E-state index contributed by atoms with van der Waals surface area (Å²) in [5, 5.41) is 0. The van der Waals surface area contributed by atoms with Gasteiger partial charge in [0, 0.05) is 23.8 Å². The largest absolute Gasteiger partial charge is 0.398 e. The van der Waals surface area contributed by atoms with Crippen molar-refractivity contribution in [1.29, 1.82) is 0 Å². The van der Waals surface area contributed by atoms with E-state index in [4.69, 9.17) is 10.5 Å². The van der Waals surface area contributed by atoms with Crippen LogP contribution in [0.4, 0.5) is 5.69 Å². The fraction of sp³-hybridized carbons (Fsp3) is 0.462. The van der Waals surface area contributed by atoms with Gasteiger partial charge in [-0.25, -0.2) is 0 Å². The molecule has 1 unspecified atom stereocenters. The summed E-state index contributed by atoms with van der Waals surface area (Å²) < 4.78 is 5.94. The zero-order valence-corrected chi connectivity index (χ0v) is 12.5. The van der Waals surface area contributed by atoms with E-state index in [1.54, 1.807) is 24.1 Å². The van der Waals surface area contributed by atoms with E-state index in [1.165, 1.54) is 0 Å². The Morgan fingerprint density at radius 1 is 1.56 bits per heavy atom. The van der Waals surface area contributed by atoms with Crippen molar-refractivity contribution in [2.45, 2.75) is 19.9 Å². The Hall–Kier alpha value is -1.07. The van der Waals surface area contributed by atoms with Gasteiger partial charge in [-0.2, -0.15) is 0 Å². The van der Waals surface area contributed by atoms with Crippen LogP contribution in [0.2, 0.25) is 0 Å². The van der Waals surface area contributed by atoms with Crippen LogP contribution >= 0.6 is 15.9 Å². The molecule has 5 heteroatoms. The van der Waals surface area contributed by atoms with Crippen LogP contribution in [0.1, 0.15) is 24.2 Å². The van der Waals surface area contributed by atoms with Gasteiger partial charge in [-0.05, 0) is 32.0 Å². The van der Waals surface area contributed by atoms with Crippen LogP contribution in [0.3, 0.4) is 0 Å². The number of nitrogens with two attached hydrogens (primary N) is 1. The van der Waals surface area contributed by atoms with Crippen molar-refractivity contribution in [2.24, 2.45) is 0 Å². The number of methoxy groups -OCH3 is 1. The first-order valence-electron chi connectivity index (χ1n) is 5.86. The van der Waals surface area contributed by atoms with E-state index in [-0.39, 0.29) is 11.9 Å². The van der Waals surface area contributed by atoms with Gasteiger partial charge in [-0.3, -0.25) is 4.79 Å². The molecule has 2 N–H and O–H groups in total. The third kappa shape index (κ3) is 3.46. The van der Waals surface area contributed by atoms with Gasteiger partial charge in [-0.1, -0.05) is 15.9 Å². The SMILES string of the molecule is CCN(C(=O)c1cc(Br)ccc1N)C(C)COC. The lowest BCUT2D eigenvalue weighted by atomic mass is 10.1. The number of ether oxygens (including phenoxy) is 1. The van der Waals surface area contributed by atoms with Gasteiger partial charge in [0.05, 0.1) is 18.2 Å². The number of carbonyl (C=O) groups is 1. The van der Waals surface area contributed by atoms with Crippen LogP contribution in [0, 0.1) is 0 Å². The molecule has 0 aliphatic carbocycles. The first-order chi connectivity index (χ1) is 8.51. The Morgan fingerprint density at radius 3 is 2.78 bits per heavy atom. The highest BCUT2D eigenvalue weighted by atomic mass is 79.9. The second-order valence-corrected chi connectivity index (χ2v) is 5.04. The molecule has 0 saturated heterocycles. The second kappa shape index (κ2) is 6.75. The van der Waals surface area contributed by atoms with Gasteiger partial charge < -0.3 is 15.4 Å². The molecule has 18 heavy (non-hydrogen) atoms. The summed E-state index contributed by atoms with van der Waals surface area (Å²) in [6.45, 7) is 5.03. The minimum Gasteiger partial charge on any atom is -0.398 e. The predicted molar refractivity (Wildman–Crippen MR) is 76.6 cm³/mol. The van der Waals surface area contributed by atoms with Crippen molar-refractivity contribution in [3.8, 4) is 0 Å². The van der Waals surface area contributed by atoms with Crippen LogP contribution in [-0.2, 0) is 4.74 Å². The zero-order valence-electron chi connectivity index (χ0n) is 10.9. The number of halogens is 1. The van der Waals surface area contributed by atoms with E-state index in [2.05, 4.69) is 15.9 Å². The smallest absolute Gasteiger partial charge is 0.256 e. The number of carbonyl (C=O) groups excluding carboxylic acids is 1. The maximum atomic E-state index is 12.4. The van der Waals surface area contributed by atoms with Gasteiger partial charge in [0.2, 0.25) is 0 Å². The van der Waals surface area contributed by atoms with Gasteiger partial charge in [0.15, 0.2) is 0 Å². The van der Waals surface area contributed by atoms with Gasteiger partial charge >= 0.3 is 0 Å². The third-order valence-electron chi connectivity index (χ3n) is 2.79. The molecule has 0 fully saturated rings. The molecule has 0 heterocycles. The van der Waals surface area contributed by atoms with E-state index in [9.17, 15) is 4.79 Å². The number of rotatable bonds is 5. The summed E-state index contributed by atoms with van der Waals surface area (Å²) >= 11 is 3.35. The van der Waals surface area contributed by atoms with Crippen molar-refractivity contribution in [2.75, 3.05) is 26.0 Å². The van der Waals surface area contributed by atoms with E-state index in [0.717, 1.165) is 4.47 Å². The highest BCUT2D eigenvalue weighted by molar-refractivity contribution is 9.10. The molecule has 1 rings (SSSR count). The number of likely N-dealkylation sites (N-methyl/N-ethyl adjacent to an activating group) is 1. The zero-order chi connectivity index (χ0) is 13.7. The van der Waals surface area contributed by atoms with Gasteiger partial charge in [0.1, 0.15) is 0 Å². The second-order valence-electron chi connectivity index (χ2n) is 4.13. The topological polar surface area (TPSA) is 55.6 Å². The average Bonchev–Trinajstić information content (AvgIpc) is 2.33. The molecule has 0 radical (unpaired) electrons. The molecule has 0 spiro atoms. The predicted octanol–water partition coefficient (Wildman–Crippen LogP) is 2.53. The molecular weight excluding hydrogens is 296 g/mol. The molecule has 1 atom stereocenters. The molecule has 0 saturated carbocycles. The van der Waals surface area contributed by atoms with Crippen molar-refractivity contribution >= 4 is 27.5 Å². The number of nitrogens with zero attached hydrogens (tertiary/aromatic N) is 1. The standard InChI is InChI=1S/C13H19BrN2O2/c1-4-16(9(2)8-18-3)13(17)11-7-10(14)5-6-12(11)15/h5-7,9H,4,8,15H2,1-3H3. The summed E-state index contributed by atoms with van der Waals surface area (Å²) in [5.74, 6) is -0.0687. The van der Waals surface area contributed by atoms with Crippen LogP contribution in [0.25, 0.3) is 0 Å². The molecule has 1 amide bonds. The van der Waals surface area contributed by atoms with E-state index in [0.29, 0.717) is 24.4 Å². The molecule has 0 bridgehead atoms. The normalized spacial score (nSPS) is 12.2. The lowest BCUT2D eigenvalue weighted by Crippen LogP contribution is -2.41. The summed E-state index contributed by atoms with van der Waals surface area (Å²) in [5.41, 5.74) is 6.87. The summed E-state index contributed by atoms with van der Waals surface area (Å²) in [6, 6.07) is 5.32. The molecule has 0 aliphatic heterocycles. The Labute approximate surface area is 116 Å². The van der Waals surface area contributed by atoms with Crippen molar-refractivity contribution in [1.82, 2.24) is 4.90 Å². The molecule has 100 valence electrons. The van der Waals surface area contributed by atoms with Crippen LogP contribution in [-0.4, -0.2) is 37.1 Å². The Bertz CT molecular complexity index is 423. The van der Waals surface area contributed by atoms with Crippen LogP contribution in [0.15, 0.2) is 22.7 Å². The van der Waals surface area contributed by atoms with Crippen molar-refractivity contribution in [3.63, 3.8) is 0 Å². The van der Waals surface area contributed by atoms with Crippen LogP contribution in [0.5, 0.6) is 0 Å². The van der Waals surface area contributed by atoms with E-state index < -0.39 is 0 Å².